The fourth-order valence-corrected chi connectivity index (χ4v) is 2.87. The van der Waals surface area contributed by atoms with Crippen molar-refractivity contribution in [3.63, 3.8) is 0 Å². The van der Waals surface area contributed by atoms with Crippen molar-refractivity contribution in [1.82, 2.24) is 4.90 Å². The Hall–Kier alpha value is -0.240. The van der Waals surface area contributed by atoms with Gasteiger partial charge in [0.05, 0.1) is 0 Å². The minimum atomic E-state index is 0.313. The third-order valence-corrected chi connectivity index (χ3v) is 4.17. The Morgan fingerprint density at radius 3 is 2.60 bits per heavy atom. The molecule has 2 fully saturated rings. The van der Waals surface area contributed by atoms with Crippen LogP contribution in [0.15, 0.2) is 0 Å². The molecular formula is C12H20ClNO. The Labute approximate surface area is 97.0 Å². The summed E-state index contributed by atoms with van der Waals surface area (Å²) in [4.78, 5) is 14.1. The molecule has 1 amide bonds. The number of carbonyl (C=O) groups excluding carboxylic acids is 1. The lowest BCUT2D eigenvalue weighted by Gasteiger charge is -2.36. The summed E-state index contributed by atoms with van der Waals surface area (Å²) < 4.78 is 0. The highest BCUT2D eigenvalue weighted by molar-refractivity contribution is 6.18. The number of nitrogens with zero attached hydrogens (tertiary/aromatic N) is 1. The largest absolute Gasteiger partial charge is 0.339 e. The van der Waals surface area contributed by atoms with Gasteiger partial charge in [-0.05, 0) is 38.0 Å². The number of amides is 1. The molecule has 1 saturated heterocycles. The Morgan fingerprint density at radius 2 is 2.00 bits per heavy atom. The van der Waals surface area contributed by atoms with Gasteiger partial charge in [-0.25, -0.2) is 0 Å². The van der Waals surface area contributed by atoms with Crippen molar-refractivity contribution in [2.75, 3.05) is 12.4 Å². The molecule has 1 atom stereocenters. The van der Waals surface area contributed by atoms with Crippen molar-refractivity contribution in [3.05, 3.63) is 0 Å². The van der Waals surface area contributed by atoms with Crippen molar-refractivity contribution < 1.29 is 4.79 Å². The van der Waals surface area contributed by atoms with Crippen LogP contribution >= 0.6 is 11.6 Å². The third-order valence-electron chi connectivity index (χ3n) is 3.81. The van der Waals surface area contributed by atoms with Gasteiger partial charge in [0.15, 0.2) is 0 Å². The van der Waals surface area contributed by atoms with Gasteiger partial charge in [-0.3, -0.25) is 4.79 Å². The molecule has 0 aromatic rings. The van der Waals surface area contributed by atoms with Crippen LogP contribution in [0.5, 0.6) is 0 Å². The molecule has 86 valence electrons. The van der Waals surface area contributed by atoms with Crippen LogP contribution in [0.1, 0.15) is 44.9 Å². The molecule has 0 N–H and O–H groups in total. The molecule has 1 unspecified atom stereocenters. The predicted octanol–water partition coefficient (Wildman–Crippen LogP) is 2.80. The predicted molar refractivity (Wildman–Crippen MR) is 62.0 cm³/mol. The summed E-state index contributed by atoms with van der Waals surface area (Å²) >= 11 is 5.91. The number of halogens is 1. The van der Waals surface area contributed by atoms with Gasteiger partial charge in [-0.2, -0.15) is 0 Å². The Kier molecular flexibility index (Phi) is 3.90. The summed E-state index contributed by atoms with van der Waals surface area (Å²) in [6.07, 6.45) is 8.08. The van der Waals surface area contributed by atoms with Gasteiger partial charge >= 0.3 is 0 Å². The monoisotopic (exact) mass is 229 g/mol. The standard InChI is InChI=1S/C12H20ClNO/c13-9-11-6-1-2-7-14(11)12(15)8-10-4-3-5-10/h10-11H,1-9H2. The van der Waals surface area contributed by atoms with Gasteiger partial charge in [0.1, 0.15) is 0 Å². The first-order chi connectivity index (χ1) is 7.31. The van der Waals surface area contributed by atoms with Crippen LogP contribution in [0, 0.1) is 5.92 Å². The molecule has 1 aliphatic heterocycles. The van der Waals surface area contributed by atoms with Crippen molar-refractivity contribution in [1.29, 1.82) is 0 Å². The lowest BCUT2D eigenvalue weighted by atomic mass is 9.82. The quantitative estimate of drug-likeness (QED) is 0.682. The second kappa shape index (κ2) is 5.20. The molecule has 2 rings (SSSR count). The van der Waals surface area contributed by atoms with Crippen LogP contribution in [0.2, 0.25) is 0 Å². The summed E-state index contributed by atoms with van der Waals surface area (Å²) in [5.74, 6) is 1.64. The average Bonchev–Trinajstić information content (AvgIpc) is 2.23. The zero-order valence-electron chi connectivity index (χ0n) is 9.25. The van der Waals surface area contributed by atoms with Crippen molar-refractivity contribution in [2.45, 2.75) is 51.0 Å². The summed E-state index contributed by atoms with van der Waals surface area (Å²) in [6, 6.07) is 0.313. The molecule has 1 heterocycles. The summed E-state index contributed by atoms with van der Waals surface area (Å²) in [6.45, 7) is 0.933. The van der Waals surface area contributed by atoms with E-state index in [9.17, 15) is 4.79 Å². The fourth-order valence-electron chi connectivity index (χ4n) is 2.55. The van der Waals surface area contributed by atoms with Gasteiger partial charge in [-0.1, -0.05) is 6.42 Å². The number of hydrogen-bond donors (Lipinski definition) is 0. The normalized spacial score (nSPS) is 27.5. The first kappa shape index (κ1) is 11.3. The van der Waals surface area contributed by atoms with Gasteiger partial charge in [0, 0.05) is 24.9 Å². The molecule has 0 radical (unpaired) electrons. The number of carbonyl (C=O) groups is 1. The topological polar surface area (TPSA) is 20.3 Å². The molecule has 0 aromatic carbocycles. The lowest BCUT2D eigenvalue weighted by molar-refractivity contribution is -0.136. The van der Waals surface area contributed by atoms with E-state index in [0.717, 1.165) is 25.8 Å². The summed E-state index contributed by atoms with van der Waals surface area (Å²) in [5.41, 5.74) is 0. The van der Waals surface area contributed by atoms with Gasteiger partial charge in [0.2, 0.25) is 5.91 Å². The fraction of sp³-hybridized carbons (Fsp3) is 0.917. The van der Waals surface area contributed by atoms with Crippen LogP contribution in [-0.4, -0.2) is 29.3 Å². The van der Waals surface area contributed by atoms with E-state index < -0.39 is 0 Å². The zero-order chi connectivity index (χ0) is 10.7. The third kappa shape index (κ3) is 2.66. The smallest absolute Gasteiger partial charge is 0.223 e. The second-order valence-corrected chi connectivity index (χ2v) is 5.20. The highest BCUT2D eigenvalue weighted by Crippen LogP contribution is 2.31. The van der Waals surface area contributed by atoms with Crippen molar-refractivity contribution in [3.8, 4) is 0 Å². The molecule has 15 heavy (non-hydrogen) atoms. The summed E-state index contributed by atoms with van der Waals surface area (Å²) in [5, 5.41) is 0. The van der Waals surface area contributed by atoms with Gasteiger partial charge in [-0.15, -0.1) is 11.6 Å². The first-order valence-electron chi connectivity index (χ1n) is 6.16. The van der Waals surface area contributed by atoms with E-state index >= 15 is 0 Å². The van der Waals surface area contributed by atoms with E-state index in [4.69, 9.17) is 11.6 Å². The Bertz CT molecular complexity index is 228. The lowest BCUT2D eigenvalue weighted by Crippen LogP contribution is -2.45. The van der Waals surface area contributed by atoms with E-state index in [1.54, 1.807) is 0 Å². The maximum Gasteiger partial charge on any atom is 0.223 e. The molecule has 1 aliphatic carbocycles. The molecular weight excluding hydrogens is 210 g/mol. The zero-order valence-corrected chi connectivity index (χ0v) is 10.0. The Balaban J connectivity index is 1.85. The Morgan fingerprint density at radius 1 is 1.20 bits per heavy atom. The molecule has 0 spiro atoms. The van der Waals surface area contributed by atoms with Crippen LogP contribution < -0.4 is 0 Å². The minimum Gasteiger partial charge on any atom is -0.339 e. The molecule has 2 nitrogen and oxygen atoms in total. The van der Waals surface area contributed by atoms with Crippen LogP contribution in [0.25, 0.3) is 0 Å². The van der Waals surface area contributed by atoms with Crippen molar-refractivity contribution >= 4 is 17.5 Å². The number of hydrogen-bond acceptors (Lipinski definition) is 1. The van der Waals surface area contributed by atoms with Gasteiger partial charge in [0.25, 0.3) is 0 Å². The minimum absolute atomic E-state index is 0.313. The van der Waals surface area contributed by atoms with Crippen molar-refractivity contribution in [2.24, 2.45) is 5.92 Å². The molecule has 0 bridgehead atoms. The number of alkyl halides is 1. The SMILES string of the molecule is O=C(CC1CCC1)N1CCCCC1CCl. The van der Waals surface area contributed by atoms with Gasteiger partial charge < -0.3 is 4.90 Å². The maximum atomic E-state index is 12.0. The van der Waals surface area contributed by atoms with E-state index in [2.05, 4.69) is 0 Å². The van der Waals surface area contributed by atoms with Crippen LogP contribution in [0.4, 0.5) is 0 Å². The first-order valence-corrected chi connectivity index (χ1v) is 6.70. The highest BCUT2D eigenvalue weighted by atomic mass is 35.5. The number of piperidine rings is 1. The maximum absolute atomic E-state index is 12.0. The molecule has 2 aliphatic rings. The second-order valence-electron chi connectivity index (χ2n) is 4.89. The van der Waals surface area contributed by atoms with Crippen LogP contribution in [-0.2, 0) is 4.79 Å². The molecule has 0 aromatic heterocycles. The average molecular weight is 230 g/mol. The highest BCUT2D eigenvalue weighted by Gasteiger charge is 2.29. The summed E-state index contributed by atoms with van der Waals surface area (Å²) in [7, 11) is 0. The van der Waals surface area contributed by atoms with E-state index in [1.807, 2.05) is 4.90 Å². The van der Waals surface area contributed by atoms with E-state index in [-0.39, 0.29) is 0 Å². The number of rotatable bonds is 3. The van der Waals surface area contributed by atoms with E-state index in [0.29, 0.717) is 23.7 Å². The molecule has 3 heteroatoms. The van der Waals surface area contributed by atoms with Crippen LogP contribution in [0.3, 0.4) is 0 Å². The van der Waals surface area contributed by atoms with E-state index in [1.165, 1.54) is 25.7 Å². The number of likely N-dealkylation sites (tertiary alicyclic amines) is 1. The molecule has 1 saturated carbocycles.